The lowest BCUT2D eigenvalue weighted by Gasteiger charge is -2.15. The highest BCUT2D eigenvalue weighted by Gasteiger charge is 2.22. The molecule has 1 amide bonds. The zero-order valence-corrected chi connectivity index (χ0v) is 15.5. The minimum atomic E-state index is -1.03. The van der Waals surface area contributed by atoms with Gasteiger partial charge in [-0.25, -0.2) is 18.6 Å². The Morgan fingerprint density at radius 2 is 1.79 bits per heavy atom. The zero-order valence-electron chi connectivity index (χ0n) is 15.5. The summed E-state index contributed by atoms with van der Waals surface area (Å²) in [5.41, 5.74) is -1.31. The van der Waals surface area contributed by atoms with E-state index in [2.05, 4.69) is 10.3 Å². The Morgan fingerprint density at radius 3 is 2.39 bits per heavy atom. The van der Waals surface area contributed by atoms with Crippen LogP contribution in [0.15, 0.2) is 34.0 Å². The first kappa shape index (κ1) is 19.4. The van der Waals surface area contributed by atoms with Crippen LogP contribution >= 0.6 is 0 Å². The predicted molar refractivity (Wildman–Crippen MR) is 101 cm³/mol. The number of aryl methyl sites for hydroxylation is 2. The number of aromatic nitrogens is 3. The van der Waals surface area contributed by atoms with Gasteiger partial charge in [-0.3, -0.25) is 18.7 Å². The van der Waals surface area contributed by atoms with Gasteiger partial charge in [0, 0.05) is 20.3 Å². The van der Waals surface area contributed by atoms with Crippen molar-refractivity contribution in [3.05, 3.63) is 68.0 Å². The van der Waals surface area contributed by atoms with Crippen molar-refractivity contribution in [2.75, 3.05) is 5.32 Å². The molecule has 9 heteroatoms. The van der Waals surface area contributed by atoms with Gasteiger partial charge in [-0.05, 0) is 24.1 Å². The smallest absolute Gasteiger partial charge is 0.321 e. The fourth-order valence-corrected chi connectivity index (χ4v) is 3.06. The molecule has 0 atom stereocenters. The number of benzene rings is 1. The lowest BCUT2D eigenvalue weighted by molar-refractivity contribution is 0.101. The molecule has 7 nitrogen and oxygen atoms in total. The molecule has 0 saturated carbocycles. The van der Waals surface area contributed by atoms with Gasteiger partial charge in [0.15, 0.2) is 5.65 Å². The molecule has 0 fully saturated rings. The van der Waals surface area contributed by atoms with Crippen LogP contribution in [0.3, 0.4) is 0 Å². The molecule has 0 aliphatic carbocycles. The number of halogens is 2. The number of hydrogen-bond acceptors (Lipinski definition) is 4. The number of carbonyl (C=O) groups is 1. The second-order valence-corrected chi connectivity index (χ2v) is 6.36. The molecule has 0 aliphatic heterocycles. The van der Waals surface area contributed by atoms with E-state index in [0.29, 0.717) is 18.4 Å². The summed E-state index contributed by atoms with van der Waals surface area (Å²) in [6, 6.07) is 3.09. The van der Waals surface area contributed by atoms with Crippen LogP contribution in [0.4, 0.5) is 14.5 Å². The highest BCUT2D eigenvalue weighted by Crippen LogP contribution is 2.25. The average Bonchev–Trinajstić information content (AvgIpc) is 2.65. The van der Waals surface area contributed by atoms with Gasteiger partial charge in [-0.2, -0.15) is 0 Å². The standard InChI is InChI=1S/C19H18F2N4O3/c1-4-6-10-9-22-16-14(18(27)25(3)19(28)24(16)2)15(10)23-17(26)13-11(20)7-5-8-12(13)21/h5,7-9H,4,6H2,1-3H3,(H,22,23,26). The fourth-order valence-electron chi connectivity index (χ4n) is 3.06. The molecule has 0 unspecified atom stereocenters. The normalized spacial score (nSPS) is 11.0. The van der Waals surface area contributed by atoms with Gasteiger partial charge in [0.1, 0.15) is 22.6 Å². The van der Waals surface area contributed by atoms with Gasteiger partial charge in [0.25, 0.3) is 11.5 Å². The summed E-state index contributed by atoms with van der Waals surface area (Å²) in [6.07, 6.45) is 2.58. The summed E-state index contributed by atoms with van der Waals surface area (Å²) < 4.78 is 30.1. The van der Waals surface area contributed by atoms with Crippen LogP contribution < -0.4 is 16.6 Å². The summed E-state index contributed by atoms with van der Waals surface area (Å²) >= 11 is 0. The zero-order chi connectivity index (χ0) is 20.6. The number of pyridine rings is 1. The quantitative estimate of drug-likeness (QED) is 0.742. The molecule has 0 aliphatic rings. The third-order valence-corrected chi connectivity index (χ3v) is 4.50. The summed E-state index contributed by atoms with van der Waals surface area (Å²) in [4.78, 5) is 41.7. The molecular weight excluding hydrogens is 370 g/mol. The second-order valence-electron chi connectivity index (χ2n) is 6.36. The van der Waals surface area contributed by atoms with E-state index in [1.165, 1.54) is 24.9 Å². The van der Waals surface area contributed by atoms with Crippen LogP contribution in [-0.2, 0) is 20.5 Å². The van der Waals surface area contributed by atoms with Crippen molar-refractivity contribution in [3.8, 4) is 0 Å². The Morgan fingerprint density at radius 1 is 1.14 bits per heavy atom. The molecule has 0 saturated heterocycles. The molecule has 146 valence electrons. The summed E-state index contributed by atoms with van der Waals surface area (Å²) in [6.45, 7) is 1.89. The minimum absolute atomic E-state index is 0.000599. The Labute approximate surface area is 158 Å². The van der Waals surface area contributed by atoms with Crippen molar-refractivity contribution in [2.24, 2.45) is 14.1 Å². The van der Waals surface area contributed by atoms with Gasteiger partial charge < -0.3 is 5.32 Å². The maximum atomic E-state index is 14.0. The van der Waals surface area contributed by atoms with E-state index in [4.69, 9.17) is 0 Å². The van der Waals surface area contributed by atoms with Gasteiger partial charge in [-0.1, -0.05) is 19.4 Å². The molecule has 0 radical (unpaired) electrons. The number of amides is 1. The van der Waals surface area contributed by atoms with Crippen LogP contribution in [0.1, 0.15) is 29.3 Å². The molecule has 0 bridgehead atoms. The summed E-state index contributed by atoms with van der Waals surface area (Å²) in [5.74, 6) is -3.07. The van der Waals surface area contributed by atoms with Crippen LogP contribution in [0.2, 0.25) is 0 Å². The third kappa shape index (κ3) is 3.08. The summed E-state index contributed by atoms with van der Waals surface area (Å²) in [5, 5.41) is 2.46. The molecule has 28 heavy (non-hydrogen) atoms. The van der Waals surface area contributed by atoms with Crippen molar-refractivity contribution in [1.29, 1.82) is 0 Å². The number of hydrogen-bond donors (Lipinski definition) is 1. The average molecular weight is 388 g/mol. The van der Waals surface area contributed by atoms with Gasteiger partial charge >= 0.3 is 5.69 Å². The lowest BCUT2D eigenvalue weighted by Crippen LogP contribution is -2.38. The van der Waals surface area contributed by atoms with Gasteiger partial charge in [0.2, 0.25) is 0 Å². The van der Waals surface area contributed by atoms with E-state index in [0.717, 1.165) is 22.8 Å². The van der Waals surface area contributed by atoms with E-state index < -0.39 is 34.4 Å². The minimum Gasteiger partial charge on any atom is -0.321 e. The highest BCUT2D eigenvalue weighted by molar-refractivity contribution is 6.09. The van der Waals surface area contributed by atoms with Crippen molar-refractivity contribution in [2.45, 2.75) is 19.8 Å². The maximum absolute atomic E-state index is 14.0. The Kier molecular flexibility index (Phi) is 5.08. The number of nitrogens with zero attached hydrogens (tertiary/aromatic N) is 3. The van der Waals surface area contributed by atoms with Crippen LogP contribution in [0.25, 0.3) is 11.0 Å². The third-order valence-electron chi connectivity index (χ3n) is 4.50. The maximum Gasteiger partial charge on any atom is 0.332 e. The molecule has 0 spiro atoms. The van der Waals surface area contributed by atoms with Crippen LogP contribution in [0.5, 0.6) is 0 Å². The van der Waals surface area contributed by atoms with Crippen LogP contribution in [0, 0.1) is 11.6 Å². The molecule has 3 rings (SSSR count). The van der Waals surface area contributed by atoms with Gasteiger partial charge in [-0.15, -0.1) is 0 Å². The van der Waals surface area contributed by atoms with E-state index in [-0.39, 0.29) is 16.7 Å². The molecule has 3 aromatic rings. The summed E-state index contributed by atoms with van der Waals surface area (Å²) in [7, 11) is 2.75. The SMILES string of the molecule is CCCc1cnc2c(c1NC(=O)c1c(F)cccc1F)c(=O)n(C)c(=O)n2C. The van der Waals surface area contributed by atoms with Crippen molar-refractivity contribution >= 4 is 22.6 Å². The first-order valence-corrected chi connectivity index (χ1v) is 8.60. The number of nitrogens with one attached hydrogen (secondary N) is 1. The number of carbonyl (C=O) groups excluding carboxylic acids is 1. The molecule has 1 N–H and O–H groups in total. The molecule has 2 heterocycles. The molecular formula is C19H18F2N4O3. The topological polar surface area (TPSA) is 86.0 Å². The lowest BCUT2D eigenvalue weighted by atomic mass is 10.1. The largest absolute Gasteiger partial charge is 0.332 e. The predicted octanol–water partition coefficient (Wildman–Crippen LogP) is 2.12. The molecule has 1 aromatic carbocycles. The van der Waals surface area contributed by atoms with Crippen molar-refractivity contribution in [3.63, 3.8) is 0 Å². The fraction of sp³-hybridized carbons (Fsp3) is 0.263. The second kappa shape index (κ2) is 7.34. The van der Waals surface area contributed by atoms with Crippen molar-refractivity contribution in [1.82, 2.24) is 14.1 Å². The Hall–Kier alpha value is -3.36. The highest BCUT2D eigenvalue weighted by atomic mass is 19.1. The number of rotatable bonds is 4. The Bertz CT molecular complexity index is 1190. The van der Waals surface area contributed by atoms with Crippen molar-refractivity contribution < 1.29 is 13.6 Å². The Balaban J connectivity index is 2.29. The van der Waals surface area contributed by atoms with E-state index in [1.807, 2.05) is 6.92 Å². The first-order chi connectivity index (χ1) is 13.3. The first-order valence-electron chi connectivity index (χ1n) is 8.60. The van der Waals surface area contributed by atoms with Gasteiger partial charge in [0.05, 0.1) is 5.69 Å². The number of fused-ring (bicyclic) bond motifs is 1. The van der Waals surface area contributed by atoms with E-state index >= 15 is 0 Å². The van der Waals surface area contributed by atoms with E-state index in [1.54, 1.807) is 0 Å². The van der Waals surface area contributed by atoms with E-state index in [9.17, 15) is 23.2 Å². The monoisotopic (exact) mass is 388 g/mol. The number of anilines is 1. The van der Waals surface area contributed by atoms with Crippen LogP contribution in [-0.4, -0.2) is 20.0 Å². The molecule has 2 aromatic heterocycles.